The number of likely N-dealkylation sites (tertiary alicyclic amines) is 1. The van der Waals surface area contributed by atoms with E-state index in [1.807, 2.05) is 13.8 Å². The number of aromatic nitrogens is 2. The molecule has 10 nitrogen and oxygen atoms in total. The summed E-state index contributed by atoms with van der Waals surface area (Å²) in [6.07, 6.45) is 3.90. The number of Topliss-reactive ketones (excluding diaryl/α,β-unsaturated/α-hetero) is 1. The standard InChI is InChI=1S/C26H36N4O6S/c1-3-11-21(24(32)26-29-28-22(4-2)36-26)27-25(33)20(16-23(31)30-14-9-6-10-15-30)18-37(34,35)17-19-12-7-5-8-13-19/h5,7-8,12-13,20-21H,3-4,6,9-11,14-18H2,1-2H3,(H,27,33)/t20?,21-/m0/s1. The molecule has 0 spiro atoms. The van der Waals surface area contributed by atoms with E-state index in [-0.39, 0.29) is 24.0 Å². The SMILES string of the molecule is CCC[C@H](NC(=O)C(CC(=O)N1CCCCC1)CS(=O)(=O)Cc1ccccc1)C(=O)c1nnc(CC)o1. The fourth-order valence-corrected chi connectivity index (χ4v) is 6.10. The fraction of sp³-hybridized carbons (Fsp3) is 0.577. The van der Waals surface area contributed by atoms with Crippen LogP contribution in [0.25, 0.3) is 0 Å². The van der Waals surface area contributed by atoms with E-state index < -0.39 is 39.2 Å². The minimum atomic E-state index is -3.73. The van der Waals surface area contributed by atoms with Crippen molar-refractivity contribution in [1.82, 2.24) is 20.4 Å². The topological polar surface area (TPSA) is 140 Å². The Bertz CT molecular complexity index is 1160. The number of nitrogens with zero attached hydrogens (tertiary/aromatic N) is 3. The summed E-state index contributed by atoms with van der Waals surface area (Å²) in [6, 6.07) is 7.73. The van der Waals surface area contributed by atoms with Crippen LogP contribution in [0, 0.1) is 5.92 Å². The zero-order valence-corrected chi connectivity index (χ0v) is 22.3. The molecule has 2 heterocycles. The zero-order valence-electron chi connectivity index (χ0n) is 21.5. The highest BCUT2D eigenvalue weighted by Gasteiger charge is 2.33. The van der Waals surface area contributed by atoms with Crippen LogP contribution in [0.2, 0.25) is 0 Å². The molecule has 1 aromatic heterocycles. The molecule has 0 saturated carbocycles. The first-order valence-electron chi connectivity index (χ1n) is 12.9. The molecule has 11 heteroatoms. The monoisotopic (exact) mass is 532 g/mol. The van der Waals surface area contributed by atoms with Gasteiger partial charge in [-0.1, -0.05) is 50.6 Å². The first-order chi connectivity index (χ1) is 17.7. The Morgan fingerprint density at radius 1 is 1.05 bits per heavy atom. The van der Waals surface area contributed by atoms with E-state index in [1.54, 1.807) is 35.2 Å². The molecular weight excluding hydrogens is 496 g/mol. The number of piperidine rings is 1. The Labute approximate surface area is 218 Å². The number of carbonyl (C=O) groups is 3. The van der Waals surface area contributed by atoms with E-state index in [2.05, 4.69) is 15.5 Å². The van der Waals surface area contributed by atoms with Crippen LogP contribution in [-0.2, 0) is 31.6 Å². The second kappa shape index (κ2) is 13.5. The van der Waals surface area contributed by atoms with Crippen molar-refractivity contribution < 1.29 is 27.2 Å². The van der Waals surface area contributed by atoms with Gasteiger partial charge in [0.1, 0.15) is 0 Å². The van der Waals surface area contributed by atoms with Crippen LogP contribution in [0.15, 0.2) is 34.7 Å². The largest absolute Gasteiger partial charge is 0.418 e. The quantitative estimate of drug-likeness (QED) is 0.389. The lowest BCUT2D eigenvalue weighted by Gasteiger charge is -2.28. The van der Waals surface area contributed by atoms with Gasteiger partial charge in [0.05, 0.1) is 23.5 Å². The van der Waals surface area contributed by atoms with E-state index in [9.17, 15) is 22.8 Å². The molecule has 2 aromatic rings. The number of benzene rings is 1. The molecule has 1 fully saturated rings. The molecule has 2 atom stereocenters. The second-order valence-corrected chi connectivity index (χ2v) is 11.6. The Hall–Kier alpha value is -3.08. The number of amides is 2. The summed E-state index contributed by atoms with van der Waals surface area (Å²) >= 11 is 0. The number of nitrogens with one attached hydrogen (secondary N) is 1. The van der Waals surface area contributed by atoms with Crippen molar-refractivity contribution in [3.63, 3.8) is 0 Å². The highest BCUT2D eigenvalue weighted by Crippen LogP contribution is 2.18. The van der Waals surface area contributed by atoms with E-state index in [4.69, 9.17) is 4.42 Å². The first-order valence-corrected chi connectivity index (χ1v) is 14.7. The van der Waals surface area contributed by atoms with E-state index in [0.717, 1.165) is 19.3 Å². The molecular formula is C26H36N4O6S. The molecule has 1 aromatic carbocycles. The maximum Gasteiger partial charge on any atom is 0.286 e. The van der Waals surface area contributed by atoms with Crippen molar-refractivity contribution in [2.45, 2.75) is 70.6 Å². The Morgan fingerprint density at radius 2 is 1.76 bits per heavy atom. The minimum Gasteiger partial charge on any atom is -0.418 e. The molecule has 1 unspecified atom stereocenters. The molecule has 1 aliphatic heterocycles. The highest BCUT2D eigenvalue weighted by atomic mass is 32.2. The molecule has 0 bridgehead atoms. The average molecular weight is 533 g/mol. The third kappa shape index (κ3) is 8.48. The van der Waals surface area contributed by atoms with Crippen molar-refractivity contribution in [3.05, 3.63) is 47.7 Å². The van der Waals surface area contributed by atoms with Crippen molar-refractivity contribution in [2.24, 2.45) is 5.92 Å². The summed E-state index contributed by atoms with van der Waals surface area (Å²) in [5, 5.41) is 10.3. The summed E-state index contributed by atoms with van der Waals surface area (Å²) in [6.45, 7) is 4.86. The fourth-order valence-electron chi connectivity index (χ4n) is 4.40. The van der Waals surface area contributed by atoms with Crippen LogP contribution >= 0.6 is 0 Å². The van der Waals surface area contributed by atoms with Gasteiger partial charge in [0, 0.05) is 25.9 Å². The lowest BCUT2D eigenvalue weighted by molar-refractivity contribution is -0.136. The lowest BCUT2D eigenvalue weighted by Crippen LogP contribution is -2.47. The van der Waals surface area contributed by atoms with Crippen LogP contribution in [0.1, 0.15) is 74.5 Å². The molecule has 2 amide bonds. The number of aryl methyl sites for hydroxylation is 1. The summed E-state index contributed by atoms with van der Waals surface area (Å²) in [5.41, 5.74) is 0.603. The molecule has 1 N–H and O–H groups in total. The molecule has 1 aliphatic rings. The first kappa shape index (κ1) is 28.5. The van der Waals surface area contributed by atoms with E-state index >= 15 is 0 Å². The predicted molar refractivity (Wildman–Crippen MR) is 137 cm³/mol. The van der Waals surface area contributed by atoms with Gasteiger partial charge in [-0.3, -0.25) is 14.4 Å². The van der Waals surface area contributed by atoms with Crippen molar-refractivity contribution >= 4 is 27.4 Å². The van der Waals surface area contributed by atoms with Gasteiger partial charge < -0.3 is 14.6 Å². The van der Waals surface area contributed by atoms with Crippen LogP contribution in [0.3, 0.4) is 0 Å². The third-order valence-corrected chi connectivity index (χ3v) is 8.06. The number of sulfone groups is 1. The predicted octanol–water partition coefficient (Wildman–Crippen LogP) is 2.73. The summed E-state index contributed by atoms with van der Waals surface area (Å²) < 4.78 is 31.5. The van der Waals surface area contributed by atoms with E-state index in [0.29, 0.717) is 43.8 Å². The summed E-state index contributed by atoms with van der Waals surface area (Å²) in [5.74, 6) is -3.20. The Balaban J connectivity index is 1.78. The summed E-state index contributed by atoms with van der Waals surface area (Å²) in [7, 11) is -3.73. The van der Waals surface area contributed by atoms with Crippen LogP contribution in [0.5, 0.6) is 0 Å². The average Bonchev–Trinajstić information content (AvgIpc) is 3.37. The second-order valence-electron chi connectivity index (χ2n) is 9.45. The molecule has 202 valence electrons. The van der Waals surface area contributed by atoms with Gasteiger partial charge in [0.2, 0.25) is 23.5 Å². The Kier molecular flexibility index (Phi) is 10.4. The molecule has 0 radical (unpaired) electrons. The number of hydrogen-bond acceptors (Lipinski definition) is 8. The van der Waals surface area contributed by atoms with Gasteiger partial charge in [-0.25, -0.2) is 8.42 Å². The molecule has 37 heavy (non-hydrogen) atoms. The molecule has 3 rings (SSSR count). The number of carbonyl (C=O) groups excluding carboxylic acids is 3. The van der Waals surface area contributed by atoms with Crippen LogP contribution in [0.4, 0.5) is 0 Å². The van der Waals surface area contributed by atoms with Gasteiger partial charge in [-0.15, -0.1) is 10.2 Å². The van der Waals surface area contributed by atoms with Crippen molar-refractivity contribution in [2.75, 3.05) is 18.8 Å². The number of hydrogen-bond donors (Lipinski definition) is 1. The van der Waals surface area contributed by atoms with Gasteiger partial charge in [-0.2, -0.15) is 0 Å². The molecule has 0 aliphatic carbocycles. The van der Waals surface area contributed by atoms with Crippen LogP contribution < -0.4 is 5.32 Å². The lowest BCUT2D eigenvalue weighted by atomic mass is 10.0. The maximum absolute atomic E-state index is 13.4. The van der Waals surface area contributed by atoms with Crippen molar-refractivity contribution in [1.29, 1.82) is 0 Å². The van der Waals surface area contributed by atoms with Gasteiger partial charge in [0.25, 0.3) is 5.89 Å². The van der Waals surface area contributed by atoms with Gasteiger partial charge in [-0.05, 0) is 31.2 Å². The third-order valence-electron chi connectivity index (χ3n) is 6.38. The summed E-state index contributed by atoms with van der Waals surface area (Å²) in [4.78, 5) is 41.1. The van der Waals surface area contributed by atoms with Gasteiger partial charge >= 0.3 is 0 Å². The number of rotatable bonds is 13. The zero-order chi connectivity index (χ0) is 26.8. The highest BCUT2D eigenvalue weighted by molar-refractivity contribution is 7.90. The Morgan fingerprint density at radius 3 is 2.38 bits per heavy atom. The normalized spacial score (nSPS) is 15.7. The molecule has 1 saturated heterocycles. The maximum atomic E-state index is 13.4. The van der Waals surface area contributed by atoms with Gasteiger partial charge in [0.15, 0.2) is 9.84 Å². The number of ketones is 1. The minimum absolute atomic E-state index is 0.201. The van der Waals surface area contributed by atoms with Crippen LogP contribution in [-0.4, -0.2) is 66.0 Å². The van der Waals surface area contributed by atoms with E-state index in [1.165, 1.54) is 0 Å². The smallest absolute Gasteiger partial charge is 0.286 e. The van der Waals surface area contributed by atoms with Crippen molar-refractivity contribution in [3.8, 4) is 0 Å².